The number of benzene rings is 1. The fourth-order valence-corrected chi connectivity index (χ4v) is 2.82. The molecule has 2 aromatic rings. The van der Waals surface area contributed by atoms with Gasteiger partial charge in [0.2, 0.25) is 5.91 Å². The summed E-state index contributed by atoms with van der Waals surface area (Å²) in [5.74, 6) is 1.70. The summed E-state index contributed by atoms with van der Waals surface area (Å²) in [6, 6.07) is 9.50. The van der Waals surface area contributed by atoms with Crippen molar-refractivity contribution in [3.8, 4) is 0 Å². The lowest BCUT2D eigenvalue weighted by Gasteiger charge is -2.08. The van der Waals surface area contributed by atoms with Crippen LogP contribution in [0.1, 0.15) is 25.8 Å². The molecule has 1 aromatic carbocycles. The molecule has 134 valence electrons. The number of carbonyl (C=O) groups is 1. The molecule has 0 saturated carbocycles. The second kappa shape index (κ2) is 10.3. The van der Waals surface area contributed by atoms with Crippen LogP contribution in [0.4, 0.5) is 5.82 Å². The predicted octanol–water partition coefficient (Wildman–Crippen LogP) is 4.00. The van der Waals surface area contributed by atoms with Crippen LogP contribution < -0.4 is 10.6 Å². The molecule has 2 N–H and O–H groups in total. The Bertz CT molecular complexity index is 679. The van der Waals surface area contributed by atoms with E-state index >= 15 is 0 Å². The largest absolute Gasteiger partial charge is 0.366 e. The quantitative estimate of drug-likeness (QED) is 0.510. The van der Waals surface area contributed by atoms with Crippen molar-refractivity contribution in [3.63, 3.8) is 0 Å². The van der Waals surface area contributed by atoms with Crippen LogP contribution in [0, 0.1) is 5.92 Å². The Kier molecular flexibility index (Phi) is 8.01. The molecular weight excluding hydrogens is 356 g/mol. The fourth-order valence-electron chi connectivity index (χ4n) is 2.00. The first kappa shape index (κ1) is 19.5. The van der Waals surface area contributed by atoms with Crippen LogP contribution in [0.15, 0.2) is 41.7 Å². The van der Waals surface area contributed by atoms with E-state index in [1.54, 1.807) is 0 Å². The normalized spacial score (nSPS) is 10.7. The van der Waals surface area contributed by atoms with Gasteiger partial charge >= 0.3 is 0 Å². The molecule has 0 atom stereocenters. The van der Waals surface area contributed by atoms with E-state index in [1.165, 1.54) is 18.1 Å². The standard InChI is InChI=1S/C18H23ClN4OS/c1-13(2)7-8-20-17(24)11-25-18-9-16(22-12-23-18)21-10-14-3-5-15(19)6-4-14/h3-6,9,12-13H,7-8,10-11H2,1-2H3,(H,20,24)(H,21,22,23). The topological polar surface area (TPSA) is 66.9 Å². The highest BCUT2D eigenvalue weighted by Gasteiger charge is 2.05. The molecule has 2 rings (SSSR count). The Morgan fingerprint density at radius 1 is 1.24 bits per heavy atom. The summed E-state index contributed by atoms with van der Waals surface area (Å²) < 4.78 is 0. The number of nitrogens with zero attached hydrogens (tertiary/aromatic N) is 2. The van der Waals surface area contributed by atoms with E-state index in [9.17, 15) is 4.79 Å². The highest BCUT2D eigenvalue weighted by Crippen LogP contribution is 2.18. The number of carbonyl (C=O) groups excluding carboxylic acids is 1. The minimum absolute atomic E-state index is 0.0277. The van der Waals surface area contributed by atoms with Gasteiger partial charge in [-0.2, -0.15) is 0 Å². The Balaban J connectivity index is 1.78. The minimum Gasteiger partial charge on any atom is -0.366 e. The summed E-state index contributed by atoms with van der Waals surface area (Å²) in [6.45, 7) is 5.64. The van der Waals surface area contributed by atoms with Gasteiger partial charge in [-0.15, -0.1) is 0 Å². The van der Waals surface area contributed by atoms with Crippen molar-refractivity contribution in [2.75, 3.05) is 17.6 Å². The number of amides is 1. The molecule has 1 aromatic heterocycles. The maximum atomic E-state index is 11.8. The number of rotatable bonds is 9. The van der Waals surface area contributed by atoms with Crippen molar-refractivity contribution in [3.05, 3.63) is 47.2 Å². The lowest BCUT2D eigenvalue weighted by molar-refractivity contribution is -0.118. The van der Waals surface area contributed by atoms with Crippen molar-refractivity contribution in [2.45, 2.75) is 31.8 Å². The zero-order valence-corrected chi connectivity index (χ0v) is 16.0. The molecule has 0 fully saturated rings. The average molecular weight is 379 g/mol. The number of hydrogen-bond donors (Lipinski definition) is 2. The summed E-state index contributed by atoms with van der Waals surface area (Å²) in [6.07, 6.45) is 2.49. The van der Waals surface area contributed by atoms with Crippen LogP contribution in [0.3, 0.4) is 0 Å². The molecule has 0 aliphatic rings. The summed E-state index contributed by atoms with van der Waals surface area (Å²) in [5.41, 5.74) is 1.11. The zero-order chi connectivity index (χ0) is 18.1. The molecule has 0 spiro atoms. The van der Waals surface area contributed by atoms with Crippen molar-refractivity contribution in [1.82, 2.24) is 15.3 Å². The van der Waals surface area contributed by atoms with E-state index in [0.29, 0.717) is 24.8 Å². The van der Waals surface area contributed by atoms with Crippen molar-refractivity contribution < 1.29 is 4.79 Å². The summed E-state index contributed by atoms with van der Waals surface area (Å²) in [4.78, 5) is 20.2. The monoisotopic (exact) mass is 378 g/mol. The molecular formula is C18H23ClN4OS. The molecule has 0 aliphatic heterocycles. The van der Waals surface area contributed by atoms with Gasteiger partial charge in [-0.05, 0) is 30.0 Å². The molecule has 25 heavy (non-hydrogen) atoms. The van der Waals surface area contributed by atoms with E-state index in [0.717, 1.165) is 27.9 Å². The third-order valence-electron chi connectivity index (χ3n) is 3.42. The molecule has 1 heterocycles. The van der Waals surface area contributed by atoms with E-state index in [2.05, 4.69) is 34.4 Å². The Hall–Kier alpha value is -1.79. The van der Waals surface area contributed by atoms with Gasteiger partial charge < -0.3 is 10.6 Å². The first-order valence-corrected chi connectivity index (χ1v) is 9.59. The molecule has 5 nitrogen and oxygen atoms in total. The highest BCUT2D eigenvalue weighted by atomic mass is 35.5. The molecule has 0 saturated heterocycles. The summed E-state index contributed by atoms with van der Waals surface area (Å²) in [5, 5.41) is 7.66. The Labute approximate surface area is 158 Å². The lowest BCUT2D eigenvalue weighted by atomic mass is 10.1. The highest BCUT2D eigenvalue weighted by molar-refractivity contribution is 7.99. The van der Waals surface area contributed by atoms with E-state index in [-0.39, 0.29) is 5.91 Å². The molecule has 0 aliphatic carbocycles. The minimum atomic E-state index is 0.0277. The number of thioether (sulfide) groups is 1. The number of nitrogens with one attached hydrogen (secondary N) is 2. The zero-order valence-electron chi connectivity index (χ0n) is 14.5. The number of aromatic nitrogens is 2. The van der Waals surface area contributed by atoms with Crippen LogP contribution in [-0.4, -0.2) is 28.2 Å². The second-order valence-corrected chi connectivity index (χ2v) is 7.47. The number of halogens is 1. The summed E-state index contributed by atoms with van der Waals surface area (Å²) >= 11 is 7.29. The third-order valence-corrected chi connectivity index (χ3v) is 4.60. The first-order valence-electron chi connectivity index (χ1n) is 8.23. The van der Waals surface area contributed by atoms with Crippen LogP contribution in [0.2, 0.25) is 5.02 Å². The van der Waals surface area contributed by atoms with Crippen LogP contribution in [-0.2, 0) is 11.3 Å². The van der Waals surface area contributed by atoms with E-state index in [4.69, 9.17) is 11.6 Å². The van der Waals surface area contributed by atoms with E-state index in [1.807, 2.05) is 30.3 Å². The van der Waals surface area contributed by atoms with Crippen LogP contribution in [0.25, 0.3) is 0 Å². The number of anilines is 1. The molecule has 7 heteroatoms. The van der Waals surface area contributed by atoms with Gasteiger partial charge in [-0.3, -0.25) is 4.79 Å². The predicted molar refractivity (Wildman–Crippen MR) is 104 cm³/mol. The molecule has 0 bridgehead atoms. The fraction of sp³-hybridized carbons (Fsp3) is 0.389. The van der Waals surface area contributed by atoms with Gasteiger partial charge in [0.25, 0.3) is 0 Å². The van der Waals surface area contributed by atoms with Crippen LogP contribution >= 0.6 is 23.4 Å². The van der Waals surface area contributed by atoms with E-state index < -0.39 is 0 Å². The Morgan fingerprint density at radius 2 is 2.00 bits per heavy atom. The smallest absolute Gasteiger partial charge is 0.230 e. The maximum absolute atomic E-state index is 11.8. The van der Waals surface area contributed by atoms with Gasteiger partial charge in [-0.25, -0.2) is 9.97 Å². The van der Waals surface area contributed by atoms with Gasteiger partial charge in [-0.1, -0.05) is 49.3 Å². The molecule has 1 amide bonds. The maximum Gasteiger partial charge on any atom is 0.230 e. The molecule has 0 radical (unpaired) electrons. The second-order valence-electron chi connectivity index (χ2n) is 6.04. The Morgan fingerprint density at radius 3 is 2.72 bits per heavy atom. The average Bonchev–Trinajstić information content (AvgIpc) is 2.59. The van der Waals surface area contributed by atoms with Crippen LogP contribution in [0.5, 0.6) is 0 Å². The first-order chi connectivity index (χ1) is 12.0. The van der Waals surface area contributed by atoms with Crippen molar-refractivity contribution >= 4 is 35.1 Å². The summed E-state index contributed by atoms with van der Waals surface area (Å²) in [7, 11) is 0. The van der Waals surface area contributed by atoms with Gasteiger partial charge in [0.1, 0.15) is 17.2 Å². The SMILES string of the molecule is CC(C)CCNC(=O)CSc1cc(NCc2ccc(Cl)cc2)ncn1. The van der Waals surface area contributed by atoms with Gasteiger partial charge in [0.15, 0.2) is 0 Å². The lowest BCUT2D eigenvalue weighted by Crippen LogP contribution is -2.26. The number of hydrogen-bond acceptors (Lipinski definition) is 5. The van der Waals surface area contributed by atoms with Crippen molar-refractivity contribution in [2.24, 2.45) is 5.92 Å². The van der Waals surface area contributed by atoms with Gasteiger partial charge in [0.05, 0.1) is 5.75 Å². The molecule has 0 unspecified atom stereocenters. The third kappa shape index (κ3) is 7.75. The van der Waals surface area contributed by atoms with Crippen molar-refractivity contribution in [1.29, 1.82) is 0 Å². The van der Waals surface area contributed by atoms with Gasteiger partial charge in [0, 0.05) is 24.2 Å².